The van der Waals surface area contributed by atoms with Crippen LogP contribution in [0.25, 0.3) is 5.65 Å². The Balaban J connectivity index is 1.76. The molecule has 3 aromatic rings. The van der Waals surface area contributed by atoms with Crippen LogP contribution in [0, 0.1) is 0 Å². The summed E-state index contributed by atoms with van der Waals surface area (Å²) in [5, 5.41) is 7.60. The number of hydrogen-bond donors (Lipinski definition) is 1. The molecule has 0 fully saturated rings. The summed E-state index contributed by atoms with van der Waals surface area (Å²) in [6.07, 6.45) is 3.20. The van der Waals surface area contributed by atoms with E-state index in [0.29, 0.717) is 22.9 Å². The van der Waals surface area contributed by atoms with Gasteiger partial charge in [0.2, 0.25) is 0 Å². The number of aromatic nitrogens is 3. The van der Waals surface area contributed by atoms with E-state index in [0.717, 1.165) is 5.56 Å². The zero-order chi connectivity index (χ0) is 13.9. The Bertz CT molecular complexity index is 751. The van der Waals surface area contributed by atoms with Crippen LogP contribution >= 0.6 is 11.6 Å². The summed E-state index contributed by atoms with van der Waals surface area (Å²) in [6, 6.07) is 10.7. The summed E-state index contributed by atoms with van der Waals surface area (Å²) < 4.78 is 1.51. The van der Waals surface area contributed by atoms with E-state index in [2.05, 4.69) is 15.4 Å². The van der Waals surface area contributed by atoms with Gasteiger partial charge in [0.25, 0.3) is 5.91 Å². The van der Waals surface area contributed by atoms with E-state index < -0.39 is 0 Å². The van der Waals surface area contributed by atoms with Crippen LogP contribution in [-0.4, -0.2) is 20.5 Å². The predicted molar refractivity (Wildman–Crippen MR) is 75.6 cm³/mol. The number of benzene rings is 1. The Labute approximate surface area is 120 Å². The van der Waals surface area contributed by atoms with Crippen molar-refractivity contribution in [2.24, 2.45) is 0 Å². The molecule has 2 aromatic heterocycles. The average Bonchev–Trinajstić information content (AvgIpc) is 2.94. The van der Waals surface area contributed by atoms with Gasteiger partial charge in [-0.05, 0) is 23.8 Å². The highest BCUT2D eigenvalue weighted by Gasteiger charge is 2.10. The third-order valence-electron chi connectivity index (χ3n) is 2.89. The number of nitrogens with one attached hydrogen (secondary N) is 1. The summed E-state index contributed by atoms with van der Waals surface area (Å²) in [6.45, 7) is 0.432. The van der Waals surface area contributed by atoms with E-state index >= 15 is 0 Å². The Morgan fingerprint density at radius 3 is 2.75 bits per heavy atom. The van der Waals surface area contributed by atoms with Crippen LogP contribution in [0.3, 0.4) is 0 Å². The zero-order valence-corrected chi connectivity index (χ0v) is 11.2. The number of nitrogens with zero attached hydrogens (tertiary/aromatic N) is 3. The first kappa shape index (κ1) is 12.6. The molecular weight excluding hydrogens is 276 g/mol. The standard InChI is InChI=1S/C14H11ClN4O/c15-11-3-1-10(2-4-11)9-17-14(20)12-5-7-16-13-6-8-18-19(12)13/h1-8H,9H2,(H,17,20). The van der Waals surface area contributed by atoms with Gasteiger partial charge in [0, 0.05) is 23.8 Å². The van der Waals surface area contributed by atoms with Crippen LogP contribution in [0.4, 0.5) is 0 Å². The van der Waals surface area contributed by atoms with Gasteiger partial charge in [-0.3, -0.25) is 4.79 Å². The third kappa shape index (κ3) is 2.48. The highest BCUT2D eigenvalue weighted by Crippen LogP contribution is 2.09. The molecule has 2 heterocycles. The summed E-state index contributed by atoms with van der Waals surface area (Å²) in [7, 11) is 0. The van der Waals surface area contributed by atoms with Gasteiger partial charge in [-0.25, -0.2) is 9.50 Å². The first-order valence-corrected chi connectivity index (χ1v) is 6.43. The van der Waals surface area contributed by atoms with E-state index in [1.807, 2.05) is 12.1 Å². The molecule has 20 heavy (non-hydrogen) atoms. The normalized spacial score (nSPS) is 10.7. The smallest absolute Gasteiger partial charge is 0.270 e. The third-order valence-corrected chi connectivity index (χ3v) is 3.14. The van der Waals surface area contributed by atoms with Crippen LogP contribution in [0.15, 0.2) is 48.8 Å². The summed E-state index contributed by atoms with van der Waals surface area (Å²) >= 11 is 5.82. The Morgan fingerprint density at radius 1 is 1.15 bits per heavy atom. The number of rotatable bonds is 3. The molecule has 0 aliphatic rings. The minimum absolute atomic E-state index is 0.198. The molecule has 0 aliphatic heterocycles. The molecule has 1 amide bonds. The molecule has 0 unspecified atom stereocenters. The van der Waals surface area contributed by atoms with Crippen LogP contribution in [-0.2, 0) is 6.54 Å². The first-order chi connectivity index (χ1) is 9.74. The minimum Gasteiger partial charge on any atom is -0.347 e. The molecule has 100 valence electrons. The van der Waals surface area contributed by atoms with Crippen molar-refractivity contribution in [3.05, 3.63) is 65.1 Å². The second-order valence-corrected chi connectivity index (χ2v) is 4.68. The van der Waals surface area contributed by atoms with E-state index in [1.165, 1.54) is 4.52 Å². The number of hydrogen-bond acceptors (Lipinski definition) is 3. The molecule has 6 heteroatoms. The zero-order valence-electron chi connectivity index (χ0n) is 10.5. The van der Waals surface area contributed by atoms with Crippen molar-refractivity contribution in [1.82, 2.24) is 19.9 Å². The molecule has 0 saturated carbocycles. The van der Waals surface area contributed by atoms with E-state index in [4.69, 9.17) is 11.6 Å². The SMILES string of the molecule is O=C(NCc1ccc(Cl)cc1)c1ccnc2ccnn12. The molecule has 5 nitrogen and oxygen atoms in total. The summed E-state index contributed by atoms with van der Waals surface area (Å²) in [5.41, 5.74) is 2.08. The second-order valence-electron chi connectivity index (χ2n) is 4.24. The molecule has 0 spiro atoms. The van der Waals surface area contributed by atoms with Gasteiger partial charge in [0.15, 0.2) is 5.65 Å². The van der Waals surface area contributed by atoms with Gasteiger partial charge in [-0.1, -0.05) is 23.7 Å². The van der Waals surface area contributed by atoms with E-state index in [9.17, 15) is 4.79 Å². The molecule has 0 bridgehead atoms. The quantitative estimate of drug-likeness (QED) is 0.804. The van der Waals surface area contributed by atoms with Crippen LogP contribution in [0.5, 0.6) is 0 Å². The Kier molecular flexibility index (Phi) is 3.35. The van der Waals surface area contributed by atoms with Gasteiger partial charge in [0.05, 0.1) is 6.20 Å². The number of halogens is 1. The van der Waals surface area contributed by atoms with Gasteiger partial charge in [0.1, 0.15) is 5.69 Å². The van der Waals surface area contributed by atoms with Gasteiger partial charge in [-0.2, -0.15) is 5.10 Å². The number of carbonyl (C=O) groups is 1. The van der Waals surface area contributed by atoms with Crippen LogP contribution < -0.4 is 5.32 Å². The maximum atomic E-state index is 12.2. The molecule has 3 rings (SSSR count). The highest BCUT2D eigenvalue weighted by atomic mass is 35.5. The Morgan fingerprint density at radius 2 is 1.95 bits per heavy atom. The lowest BCUT2D eigenvalue weighted by molar-refractivity contribution is 0.0943. The first-order valence-electron chi connectivity index (χ1n) is 6.05. The fourth-order valence-corrected chi connectivity index (χ4v) is 2.01. The number of fused-ring (bicyclic) bond motifs is 1. The lowest BCUT2D eigenvalue weighted by atomic mass is 10.2. The van der Waals surface area contributed by atoms with Crippen molar-refractivity contribution in [2.45, 2.75) is 6.54 Å². The van der Waals surface area contributed by atoms with Crippen molar-refractivity contribution in [3.63, 3.8) is 0 Å². The molecule has 0 atom stereocenters. The summed E-state index contributed by atoms with van der Waals surface area (Å²) in [5.74, 6) is -0.198. The summed E-state index contributed by atoms with van der Waals surface area (Å²) in [4.78, 5) is 16.3. The fourth-order valence-electron chi connectivity index (χ4n) is 1.88. The molecule has 0 saturated heterocycles. The van der Waals surface area contributed by atoms with Crippen molar-refractivity contribution in [2.75, 3.05) is 0 Å². The molecular formula is C14H11ClN4O. The van der Waals surface area contributed by atoms with Crippen molar-refractivity contribution in [3.8, 4) is 0 Å². The topological polar surface area (TPSA) is 59.3 Å². The van der Waals surface area contributed by atoms with Crippen LogP contribution in [0.2, 0.25) is 5.02 Å². The van der Waals surface area contributed by atoms with Crippen LogP contribution in [0.1, 0.15) is 16.1 Å². The maximum absolute atomic E-state index is 12.2. The second kappa shape index (κ2) is 5.30. The Hall–Kier alpha value is -2.40. The largest absolute Gasteiger partial charge is 0.347 e. The van der Waals surface area contributed by atoms with E-state index in [-0.39, 0.29) is 5.91 Å². The van der Waals surface area contributed by atoms with Gasteiger partial charge >= 0.3 is 0 Å². The van der Waals surface area contributed by atoms with Gasteiger partial charge < -0.3 is 5.32 Å². The molecule has 0 radical (unpaired) electrons. The average molecular weight is 287 g/mol. The molecule has 1 aromatic carbocycles. The van der Waals surface area contributed by atoms with Gasteiger partial charge in [-0.15, -0.1) is 0 Å². The molecule has 1 N–H and O–H groups in total. The lowest BCUT2D eigenvalue weighted by Crippen LogP contribution is -2.25. The monoisotopic (exact) mass is 286 g/mol. The minimum atomic E-state index is -0.198. The highest BCUT2D eigenvalue weighted by molar-refractivity contribution is 6.30. The predicted octanol–water partition coefficient (Wildman–Crippen LogP) is 2.31. The van der Waals surface area contributed by atoms with Crippen molar-refractivity contribution < 1.29 is 4.79 Å². The fraction of sp³-hybridized carbons (Fsp3) is 0.0714. The van der Waals surface area contributed by atoms with E-state index in [1.54, 1.807) is 36.7 Å². The number of amides is 1. The maximum Gasteiger partial charge on any atom is 0.270 e. The van der Waals surface area contributed by atoms with Crippen molar-refractivity contribution in [1.29, 1.82) is 0 Å². The lowest BCUT2D eigenvalue weighted by Gasteiger charge is -2.06. The number of carbonyl (C=O) groups excluding carboxylic acids is 1. The van der Waals surface area contributed by atoms with Crippen molar-refractivity contribution >= 4 is 23.2 Å². The molecule has 0 aliphatic carbocycles.